The van der Waals surface area contributed by atoms with E-state index in [1.54, 1.807) is 0 Å². The molecule has 0 aliphatic heterocycles. The Morgan fingerprint density at radius 2 is 2.26 bits per heavy atom. The molecule has 0 saturated heterocycles. The van der Waals surface area contributed by atoms with Crippen LogP contribution in [0.1, 0.15) is 38.4 Å². The molecular formula is C14H17BrClN3. The smallest absolute Gasteiger partial charge is 0.160 e. The van der Waals surface area contributed by atoms with Crippen LogP contribution in [0.3, 0.4) is 0 Å². The number of aromatic nitrogens is 3. The molecule has 0 atom stereocenters. The second-order valence-corrected chi connectivity index (χ2v) is 6.68. The molecule has 0 bridgehead atoms. The summed E-state index contributed by atoms with van der Waals surface area (Å²) in [6.07, 6.45) is 6.99. The standard InChI is InChI=1S/C14H17BrClN3/c1-2-3-14(4-5-14)9-19-12(7-16)18-11-6-10(15)8-17-13(11)19/h6,8H,2-5,7,9H2,1H3. The van der Waals surface area contributed by atoms with E-state index in [9.17, 15) is 0 Å². The maximum atomic E-state index is 6.05. The van der Waals surface area contributed by atoms with Crippen molar-refractivity contribution < 1.29 is 0 Å². The quantitative estimate of drug-likeness (QED) is 0.748. The number of rotatable bonds is 5. The van der Waals surface area contributed by atoms with Crippen LogP contribution < -0.4 is 0 Å². The molecule has 2 aromatic rings. The molecule has 0 unspecified atom stereocenters. The summed E-state index contributed by atoms with van der Waals surface area (Å²) in [7, 11) is 0. The van der Waals surface area contributed by atoms with Gasteiger partial charge in [-0.15, -0.1) is 11.6 Å². The minimum atomic E-state index is 0.441. The first-order valence-electron chi connectivity index (χ1n) is 6.74. The van der Waals surface area contributed by atoms with Crippen molar-refractivity contribution in [2.45, 2.75) is 45.0 Å². The van der Waals surface area contributed by atoms with Gasteiger partial charge in [0.15, 0.2) is 5.65 Å². The van der Waals surface area contributed by atoms with Crippen molar-refractivity contribution >= 4 is 38.7 Å². The number of halogens is 2. The number of fused-ring (bicyclic) bond motifs is 1. The van der Waals surface area contributed by atoms with Crippen LogP contribution in [0.5, 0.6) is 0 Å². The molecule has 102 valence electrons. The SMILES string of the molecule is CCCC1(Cn2c(CCl)nc3cc(Br)cnc32)CC1. The van der Waals surface area contributed by atoms with Crippen molar-refractivity contribution in [3.63, 3.8) is 0 Å². The predicted molar refractivity (Wildman–Crippen MR) is 81.4 cm³/mol. The van der Waals surface area contributed by atoms with Gasteiger partial charge < -0.3 is 4.57 Å². The third-order valence-corrected chi connectivity index (χ3v) is 4.65. The fraction of sp³-hybridized carbons (Fsp3) is 0.571. The van der Waals surface area contributed by atoms with Crippen molar-refractivity contribution in [1.29, 1.82) is 0 Å². The van der Waals surface area contributed by atoms with Crippen molar-refractivity contribution in [1.82, 2.24) is 14.5 Å². The first-order chi connectivity index (χ1) is 9.17. The molecule has 0 spiro atoms. The van der Waals surface area contributed by atoms with Gasteiger partial charge in [0.2, 0.25) is 0 Å². The monoisotopic (exact) mass is 341 g/mol. The van der Waals surface area contributed by atoms with E-state index in [1.807, 2.05) is 12.3 Å². The highest BCUT2D eigenvalue weighted by molar-refractivity contribution is 9.10. The molecule has 1 fully saturated rings. The third-order valence-electron chi connectivity index (χ3n) is 3.98. The minimum Gasteiger partial charge on any atom is -0.311 e. The van der Waals surface area contributed by atoms with Gasteiger partial charge >= 0.3 is 0 Å². The van der Waals surface area contributed by atoms with Gasteiger partial charge in [-0.2, -0.15) is 0 Å². The molecule has 0 amide bonds. The van der Waals surface area contributed by atoms with Gasteiger partial charge in [-0.05, 0) is 46.7 Å². The Morgan fingerprint density at radius 1 is 1.47 bits per heavy atom. The number of imidazole rings is 1. The lowest BCUT2D eigenvalue weighted by molar-refractivity contribution is 0.388. The van der Waals surface area contributed by atoms with E-state index < -0.39 is 0 Å². The van der Waals surface area contributed by atoms with Gasteiger partial charge in [0.25, 0.3) is 0 Å². The number of pyridine rings is 1. The van der Waals surface area contributed by atoms with Gasteiger partial charge in [0.05, 0.1) is 5.88 Å². The van der Waals surface area contributed by atoms with E-state index in [1.165, 1.54) is 25.7 Å². The largest absolute Gasteiger partial charge is 0.311 e. The van der Waals surface area contributed by atoms with Gasteiger partial charge in [-0.3, -0.25) is 0 Å². The third kappa shape index (κ3) is 2.52. The van der Waals surface area contributed by atoms with Crippen LogP contribution in [-0.4, -0.2) is 14.5 Å². The van der Waals surface area contributed by atoms with Crippen molar-refractivity contribution in [2.24, 2.45) is 5.41 Å². The number of alkyl halides is 1. The number of nitrogens with zero attached hydrogens (tertiary/aromatic N) is 3. The highest BCUT2D eigenvalue weighted by atomic mass is 79.9. The van der Waals surface area contributed by atoms with Crippen molar-refractivity contribution in [2.75, 3.05) is 0 Å². The molecular weight excluding hydrogens is 326 g/mol. The Balaban J connectivity index is 2.01. The number of hydrogen-bond acceptors (Lipinski definition) is 2. The van der Waals surface area contributed by atoms with E-state index >= 15 is 0 Å². The lowest BCUT2D eigenvalue weighted by atomic mass is 10.0. The zero-order valence-corrected chi connectivity index (χ0v) is 13.3. The zero-order chi connectivity index (χ0) is 13.5. The van der Waals surface area contributed by atoms with E-state index in [0.29, 0.717) is 11.3 Å². The summed E-state index contributed by atoms with van der Waals surface area (Å²) in [5.74, 6) is 1.38. The molecule has 19 heavy (non-hydrogen) atoms. The van der Waals surface area contributed by atoms with Crippen LogP contribution in [0.15, 0.2) is 16.7 Å². The molecule has 2 aromatic heterocycles. The summed E-state index contributed by atoms with van der Waals surface area (Å²) in [4.78, 5) is 9.12. The van der Waals surface area contributed by atoms with E-state index in [4.69, 9.17) is 11.6 Å². The molecule has 1 aliphatic rings. The molecule has 1 aliphatic carbocycles. The summed E-state index contributed by atoms with van der Waals surface area (Å²) in [6.45, 7) is 3.26. The predicted octanol–water partition coefficient (Wildman–Crippen LogP) is 4.51. The summed E-state index contributed by atoms with van der Waals surface area (Å²) in [5.41, 5.74) is 2.36. The number of hydrogen-bond donors (Lipinski definition) is 0. The first kappa shape index (κ1) is 13.4. The average Bonchev–Trinajstić information content (AvgIpc) is 3.06. The van der Waals surface area contributed by atoms with Crippen LogP contribution in [-0.2, 0) is 12.4 Å². The highest BCUT2D eigenvalue weighted by Gasteiger charge is 2.42. The molecule has 0 N–H and O–H groups in total. The van der Waals surface area contributed by atoms with Crippen LogP contribution in [0.2, 0.25) is 0 Å². The average molecular weight is 343 g/mol. The summed E-state index contributed by atoms with van der Waals surface area (Å²) >= 11 is 9.49. The Morgan fingerprint density at radius 3 is 2.89 bits per heavy atom. The van der Waals surface area contributed by atoms with Crippen molar-refractivity contribution in [3.8, 4) is 0 Å². The second-order valence-electron chi connectivity index (χ2n) is 5.49. The minimum absolute atomic E-state index is 0.441. The Labute approximate surface area is 126 Å². The molecule has 0 radical (unpaired) electrons. The summed E-state index contributed by atoms with van der Waals surface area (Å²) in [6, 6.07) is 2.01. The Kier molecular flexibility index (Phi) is 3.56. The van der Waals surface area contributed by atoms with Crippen LogP contribution in [0, 0.1) is 5.41 Å². The second kappa shape index (κ2) is 5.06. The van der Waals surface area contributed by atoms with E-state index in [2.05, 4.69) is 37.4 Å². The Hall–Kier alpha value is -0.610. The summed E-state index contributed by atoms with van der Waals surface area (Å²) < 4.78 is 3.18. The Bertz CT molecular complexity index is 604. The lowest BCUT2D eigenvalue weighted by Gasteiger charge is -2.16. The van der Waals surface area contributed by atoms with E-state index in [-0.39, 0.29) is 0 Å². The van der Waals surface area contributed by atoms with Gasteiger partial charge in [0, 0.05) is 17.2 Å². The van der Waals surface area contributed by atoms with Gasteiger partial charge in [-0.1, -0.05) is 13.3 Å². The zero-order valence-electron chi connectivity index (χ0n) is 11.0. The maximum Gasteiger partial charge on any atom is 0.160 e. The fourth-order valence-corrected chi connectivity index (χ4v) is 3.35. The molecule has 3 nitrogen and oxygen atoms in total. The molecule has 5 heteroatoms. The van der Waals surface area contributed by atoms with Crippen molar-refractivity contribution in [3.05, 3.63) is 22.6 Å². The topological polar surface area (TPSA) is 30.7 Å². The van der Waals surface area contributed by atoms with Crippen LogP contribution in [0.4, 0.5) is 0 Å². The van der Waals surface area contributed by atoms with Crippen LogP contribution in [0.25, 0.3) is 11.2 Å². The van der Waals surface area contributed by atoms with Gasteiger partial charge in [0.1, 0.15) is 11.3 Å². The first-order valence-corrected chi connectivity index (χ1v) is 8.07. The molecule has 3 rings (SSSR count). The molecule has 0 aromatic carbocycles. The molecule has 1 saturated carbocycles. The fourth-order valence-electron chi connectivity index (χ4n) is 2.83. The van der Waals surface area contributed by atoms with Crippen LogP contribution >= 0.6 is 27.5 Å². The summed E-state index contributed by atoms with van der Waals surface area (Å²) in [5, 5.41) is 0. The van der Waals surface area contributed by atoms with E-state index in [0.717, 1.165) is 28.0 Å². The normalized spacial score (nSPS) is 17.0. The highest BCUT2D eigenvalue weighted by Crippen LogP contribution is 2.51. The maximum absolute atomic E-state index is 6.05. The van der Waals surface area contributed by atoms with Gasteiger partial charge in [-0.25, -0.2) is 9.97 Å². The molecule has 2 heterocycles. The lowest BCUT2D eigenvalue weighted by Crippen LogP contribution is -2.14.